The molecule has 4 rings (SSSR count). The highest BCUT2D eigenvalue weighted by atomic mass is 16.2. The van der Waals surface area contributed by atoms with Crippen molar-refractivity contribution in [2.24, 2.45) is 0 Å². The molecule has 158 valence electrons. The zero-order valence-corrected chi connectivity index (χ0v) is 18.1. The van der Waals surface area contributed by atoms with Crippen molar-refractivity contribution >= 4 is 23.2 Å². The Morgan fingerprint density at radius 1 is 1.03 bits per heavy atom. The number of amides is 2. The minimum atomic E-state index is -0.900. The first kappa shape index (κ1) is 20.6. The Labute approximate surface area is 178 Å². The van der Waals surface area contributed by atoms with Crippen LogP contribution in [0.25, 0.3) is 0 Å². The lowest BCUT2D eigenvalue weighted by Crippen LogP contribution is -3.28. The Morgan fingerprint density at radius 2 is 1.73 bits per heavy atom. The molecule has 1 fully saturated rings. The molecule has 0 spiro atoms. The third-order valence-electron chi connectivity index (χ3n) is 6.36. The van der Waals surface area contributed by atoms with Crippen LogP contribution in [0.15, 0.2) is 48.5 Å². The maximum atomic E-state index is 13.3. The average molecular weight is 409 g/mol. The van der Waals surface area contributed by atoms with Crippen molar-refractivity contribution in [1.29, 1.82) is 0 Å². The molecule has 2 aliphatic rings. The summed E-state index contributed by atoms with van der Waals surface area (Å²) in [6, 6.07) is 16.3. The zero-order chi connectivity index (χ0) is 21.3. The van der Waals surface area contributed by atoms with Gasteiger partial charge in [0.05, 0.1) is 11.4 Å². The van der Waals surface area contributed by atoms with E-state index in [0.717, 1.165) is 38.4 Å². The van der Waals surface area contributed by atoms with Crippen LogP contribution in [-0.2, 0) is 16.1 Å². The third-order valence-corrected chi connectivity index (χ3v) is 6.36. The predicted molar refractivity (Wildman–Crippen MR) is 118 cm³/mol. The molecule has 2 aliphatic heterocycles. The quantitative estimate of drug-likeness (QED) is 0.669. The topological polar surface area (TPSA) is 58.3 Å². The van der Waals surface area contributed by atoms with Crippen LogP contribution in [0, 0.1) is 6.92 Å². The molecule has 6 heteroatoms. The van der Waals surface area contributed by atoms with E-state index in [1.807, 2.05) is 38.1 Å². The van der Waals surface area contributed by atoms with Crippen molar-refractivity contribution in [2.45, 2.75) is 32.9 Å². The van der Waals surface area contributed by atoms with Gasteiger partial charge in [-0.15, -0.1) is 0 Å². The lowest BCUT2D eigenvalue weighted by Gasteiger charge is -2.42. The van der Waals surface area contributed by atoms with Crippen LogP contribution < -0.4 is 20.0 Å². The normalized spacial score (nSPS) is 22.9. The van der Waals surface area contributed by atoms with Gasteiger partial charge in [-0.3, -0.25) is 14.5 Å². The van der Waals surface area contributed by atoms with Gasteiger partial charge in [-0.05, 0) is 32.9 Å². The van der Waals surface area contributed by atoms with E-state index in [-0.39, 0.29) is 11.8 Å². The number of para-hydroxylation sites is 2. The summed E-state index contributed by atoms with van der Waals surface area (Å²) >= 11 is 0. The Morgan fingerprint density at radius 3 is 2.47 bits per heavy atom. The van der Waals surface area contributed by atoms with E-state index < -0.39 is 5.54 Å². The SMILES string of the molecule is Cc1cccc(C[NH+]2CC[NH+](CC(=O)N3c4ccccc4NC(=O)C3(C)C)CC2)c1. The fourth-order valence-corrected chi connectivity index (χ4v) is 4.61. The first-order valence-electron chi connectivity index (χ1n) is 10.8. The van der Waals surface area contributed by atoms with Crippen LogP contribution in [0.4, 0.5) is 11.4 Å². The van der Waals surface area contributed by atoms with Gasteiger partial charge in [-0.25, -0.2) is 0 Å². The molecule has 2 amide bonds. The molecule has 0 bridgehead atoms. The Hall–Kier alpha value is -2.70. The molecular formula is C24H32N4O2+2. The van der Waals surface area contributed by atoms with Gasteiger partial charge < -0.3 is 15.1 Å². The molecule has 0 atom stereocenters. The number of benzene rings is 2. The highest BCUT2D eigenvalue weighted by molar-refractivity contribution is 6.14. The number of nitrogens with zero attached hydrogens (tertiary/aromatic N) is 1. The van der Waals surface area contributed by atoms with Gasteiger partial charge in [0.1, 0.15) is 38.3 Å². The summed E-state index contributed by atoms with van der Waals surface area (Å²) in [4.78, 5) is 30.5. The monoisotopic (exact) mass is 408 g/mol. The van der Waals surface area contributed by atoms with Crippen molar-refractivity contribution in [3.63, 3.8) is 0 Å². The van der Waals surface area contributed by atoms with Gasteiger partial charge in [-0.1, -0.05) is 42.0 Å². The van der Waals surface area contributed by atoms with Crippen LogP contribution in [0.3, 0.4) is 0 Å². The molecule has 2 heterocycles. The second-order valence-corrected chi connectivity index (χ2v) is 9.10. The number of hydrogen-bond acceptors (Lipinski definition) is 2. The van der Waals surface area contributed by atoms with Crippen LogP contribution in [0.5, 0.6) is 0 Å². The summed E-state index contributed by atoms with van der Waals surface area (Å²) < 4.78 is 0. The molecule has 6 nitrogen and oxygen atoms in total. The number of nitrogens with one attached hydrogen (secondary N) is 3. The number of quaternary nitrogens is 2. The molecule has 0 aliphatic carbocycles. The van der Waals surface area contributed by atoms with E-state index in [1.54, 1.807) is 9.80 Å². The standard InChI is InChI=1S/C24H30N4O2/c1-18-7-6-8-19(15-18)16-26-11-13-27(14-12-26)17-22(29)28-21-10-5-4-9-20(21)25-23(30)24(28,2)3/h4-10,15H,11-14,16-17H2,1-3H3,(H,25,30)/p+2. The highest BCUT2D eigenvalue weighted by Crippen LogP contribution is 2.36. The van der Waals surface area contributed by atoms with Crippen LogP contribution in [0.2, 0.25) is 0 Å². The summed E-state index contributed by atoms with van der Waals surface area (Å²) in [7, 11) is 0. The summed E-state index contributed by atoms with van der Waals surface area (Å²) in [5.74, 6) is -0.128. The van der Waals surface area contributed by atoms with Gasteiger partial charge in [0, 0.05) is 5.56 Å². The summed E-state index contributed by atoms with van der Waals surface area (Å²) in [6.07, 6.45) is 0. The number of aryl methyl sites for hydroxylation is 1. The van der Waals surface area contributed by atoms with Gasteiger partial charge in [0.25, 0.3) is 5.91 Å². The summed E-state index contributed by atoms with van der Waals surface area (Å²) in [6.45, 7) is 11.3. The van der Waals surface area contributed by atoms with Gasteiger partial charge in [-0.2, -0.15) is 0 Å². The van der Waals surface area contributed by atoms with Gasteiger partial charge >= 0.3 is 0 Å². The van der Waals surface area contributed by atoms with Crippen LogP contribution >= 0.6 is 0 Å². The first-order chi connectivity index (χ1) is 14.3. The number of hydrogen-bond donors (Lipinski definition) is 3. The summed E-state index contributed by atoms with van der Waals surface area (Å²) in [5.41, 5.74) is 3.27. The number of rotatable bonds is 4. The van der Waals surface area contributed by atoms with E-state index in [2.05, 4.69) is 36.5 Å². The smallest absolute Gasteiger partial charge is 0.283 e. The molecule has 2 aromatic carbocycles. The van der Waals surface area contributed by atoms with E-state index in [9.17, 15) is 9.59 Å². The van der Waals surface area contributed by atoms with Crippen molar-refractivity contribution < 1.29 is 19.4 Å². The molecule has 0 radical (unpaired) electrons. The second-order valence-electron chi connectivity index (χ2n) is 9.10. The third kappa shape index (κ3) is 4.11. The van der Waals surface area contributed by atoms with E-state index in [0.29, 0.717) is 12.2 Å². The largest absolute Gasteiger partial charge is 0.322 e. The molecule has 2 aromatic rings. The Kier molecular flexibility index (Phi) is 5.62. The lowest BCUT2D eigenvalue weighted by molar-refractivity contribution is -1.02. The summed E-state index contributed by atoms with van der Waals surface area (Å²) in [5, 5.41) is 2.93. The van der Waals surface area contributed by atoms with Crippen molar-refractivity contribution in [2.75, 3.05) is 42.9 Å². The minimum absolute atomic E-state index is 0.0134. The van der Waals surface area contributed by atoms with E-state index in [1.165, 1.54) is 16.0 Å². The second kappa shape index (κ2) is 8.20. The predicted octanol–water partition coefficient (Wildman–Crippen LogP) is 0.0423. The molecule has 3 N–H and O–H groups in total. The number of fused-ring (bicyclic) bond motifs is 1. The fourth-order valence-electron chi connectivity index (χ4n) is 4.61. The molecule has 0 unspecified atom stereocenters. The molecule has 30 heavy (non-hydrogen) atoms. The zero-order valence-electron chi connectivity index (χ0n) is 18.1. The Balaban J connectivity index is 1.39. The molecule has 1 saturated heterocycles. The van der Waals surface area contributed by atoms with Gasteiger partial charge in [0.15, 0.2) is 6.54 Å². The number of carbonyl (C=O) groups excluding carboxylic acids is 2. The molecule has 0 aromatic heterocycles. The van der Waals surface area contributed by atoms with Crippen LogP contribution in [0.1, 0.15) is 25.0 Å². The number of anilines is 2. The average Bonchev–Trinajstić information content (AvgIpc) is 2.70. The van der Waals surface area contributed by atoms with Crippen LogP contribution in [-0.4, -0.2) is 50.1 Å². The molecule has 0 saturated carbocycles. The molecular weight excluding hydrogens is 376 g/mol. The van der Waals surface area contributed by atoms with E-state index >= 15 is 0 Å². The Bertz CT molecular complexity index is 948. The first-order valence-corrected chi connectivity index (χ1v) is 10.8. The lowest BCUT2D eigenvalue weighted by atomic mass is 9.96. The van der Waals surface area contributed by atoms with Gasteiger partial charge in [0.2, 0.25) is 5.91 Å². The minimum Gasteiger partial charge on any atom is -0.322 e. The fraction of sp³-hybridized carbons (Fsp3) is 0.417. The van der Waals surface area contributed by atoms with Crippen molar-refractivity contribution in [3.05, 3.63) is 59.7 Å². The number of piperazine rings is 1. The highest BCUT2D eigenvalue weighted by Gasteiger charge is 2.44. The number of carbonyl (C=O) groups is 2. The van der Waals surface area contributed by atoms with E-state index in [4.69, 9.17) is 0 Å². The van der Waals surface area contributed by atoms with Crippen molar-refractivity contribution in [1.82, 2.24) is 0 Å². The maximum absolute atomic E-state index is 13.3. The van der Waals surface area contributed by atoms with Crippen molar-refractivity contribution in [3.8, 4) is 0 Å². The maximum Gasteiger partial charge on any atom is 0.283 e.